The molecule has 4 rings (SSSR count). The second-order valence-corrected chi connectivity index (χ2v) is 9.17. The molecule has 0 unspecified atom stereocenters. The van der Waals surface area contributed by atoms with Crippen molar-refractivity contribution in [2.75, 3.05) is 24.3 Å². The average molecular weight is 532 g/mol. The van der Waals surface area contributed by atoms with E-state index in [9.17, 15) is 27.2 Å². The number of rotatable bonds is 8. The number of ketones is 1. The van der Waals surface area contributed by atoms with Gasteiger partial charge in [-0.25, -0.2) is 4.39 Å². The van der Waals surface area contributed by atoms with Gasteiger partial charge in [-0.2, -0.15) is 13.2 Å². The molecule has 8 nitrogen and oxygen atoms in total. The SMILES string of the molecule is Cc1cc(Nc2ccc(F)cc2C(F)(F)F)cnc1CNC(=O)[C@]1(CC(=O)c2cncc(N)c2)CCOC1. The summed E-state index contributed by atoms with van der Waals surface area (Å²) in [6, 6.07) is 5.43. The van der Waals surface area contributed by atoms with E-state index < -0.39 is 23.0 Å². The van der Waals surface area contributed by atoms with Crippen LogP contribution in [0.4, 0.5) is 34.6 Å². The van der Waals surface area contributed by atoms with Crippen LogP contribution in [0.3, 0.4) is 0 Å². The minimum absolute atomic E-state index is 0.0328. The highest BCUT2D eigenvalue weighted by Crippen LogP contribution is 2.37. The van der Waals surface area contributed by atoms with Gasteiger partial charge in [0.25, 0.3) is 0 Å². The number of nitrogen functional groups attached to an aromatic ring is 1. The van der Waals surface area contributed by atoms with Crippen molar-refractivity contribution in [1.82, 2.24) is 15.3 Å². The maximum Gasteiger partial charge on any atom is 0.418 e. The van der Waals surface area contributed by atoms with Crippen molar-refractivity contribution < 1.29 is 31.9 Å². The molecular formula is C26H25F4N5O3. The molecule has 1 fully saturated rings. The second kappa shape index (κ2) is 10.7. The predicted octanol–water partition coefficient (Wildman–Crippen LogP) is 4.56. The van der Waals surface area contributed by atoms with Crippen LogP contribution < -0.4 is 16.4 Å². The van der Waals surface area contributed by atoms with Crippen LogP contribution in [0, 0.1) is 18.2 Å². The van der Waals surface area contributed by atoms with Crippen molar-refractivity contribution >= 4 is 28.8 Å². The smallest absolute Gasteiger partial charge is 0.397 e. The molecule has 0 aliphatic carbocycles. The number of ether oxygens (including phenoxy) is 1. The predicted molar refractivity (Wildman–Crippen MR) is 131 cm³/mol. The number of pyridine rings is 2. The van der Waals surface area contributed by atoms with Crippen LogP contribution in [0.15, 0.2) is 48.9 Å². The zero-order valence-electron chi connectivity index (χ0n) is 20.4. The summed E-state index contributed by atoms with van der Waals surface area (Å²) in [7, 11) is 0. The number of aryl methyl sites for hydroxylation is 1. The number of Topliss-reactive ketones (excluding diaryl/α,β-unsaturated/α-hetero) is 1. The van der Waals surface area contributed by atoms with E-state index in [-0.39, 0.29) is 42.6 Å². The Hall–Kier alpha value is -4.06. The molecule has 12 heteroatoms. The number of nitrogens with two attached hydrogens (primary N) is 1. The lowest BCUT2D eigenvalue weighted by Gasteiger charge is -2.25. The third kappa shape index (κ3) is 6.08. The number of hydrogen-bond donors (Lipinski definition) is 3. The third-order valence-electron chi connectivity index (χ3n) is 6.33. The van der Waals surface area contributed by atoms with E-state index in [0.29, 0.717) is 41.6 Å². The molecule has 3 heterocycles. The Morgan fingerprint density at radius 1 is 1.16 bits per heavy atom. The van der Waals surface area contributed by atoms with Crippen LogP contribution in [0.5, 0.6) is 0 Å². The normalized spacial score (nSPS) is 17.3. The Morgan fingerprint density at radius 3 is 2.61 bits per heavy atom. The number of carbonyl (C=O) groups is 2. The van der Waals surface area contributed by atoms with Gasteiger partial charge in [-0.1, -0.05) is 0 Å². The maximum atomic E-state index is 13.4. The molecule has 4 N–H and O–H groups in total. The molecule has 1 amide bonds. The van der Waals surface area contributed by atoms with Crippen molar-refractivity contribution in [3.63, 3.8) is 0 Å². The summed E-state index contributed by atoms with van der Waals surface area (Å²) in [4.78, 5) is 34.2. The van der Waals surface area contributed by atoms with Crippen LogP contribution in [0.2, 0.25) is 0 Å². The summed E-state index contributed by atoms with van der Waals surface area (Å²) in [5, 5.41) is 5.44. The first-order valence-corrected chi connectivity index (χ1v) is 11.7. The first kappa shape index (κ1) is 27.0. The van der Waals surface area contributed by atoms with E-state index >= 15 is 0 Å². The van der Waals surface area contributed by atoms with Gasteiger partial charge < -0.3 is 21.1 Å². The number of nitrogens with one attached hydrogen (secondary N) is 2. The number of amides is 1. The number of carbonyl (C=O) groups excluding carboxylic acids is 2. The molecule has 0 spiro atoms. The van der Waals surface area contributed by atoms with Gasteiger partial charge in [-0.15, -0.1) is 0 Å². The first-order chi connectivity index (χ1) is 18.0. The second-order valence-electron chi connectivity index (χ2n) is 9.17. The minimum Gasteiger partial charge on any atom is -0.397 e. The number of hydrogen-bond acceptors (Lipinski definition) is 7. The van der Waals surface area contributed by atoms with Gasteiger partial charge in [0.2, 0.25) is 5.91 Å². The molecule has 3 aromatic rings. The molecule has 0 bridgehead atoms. The topological polar surface area (TPSA) is 119 Å². The summed E-state index contributed by atoms with van der Waals surface area (Å²) in [6.07, 6.45) is -0.340. The molecule has 1 aromatic carbocycles. The van der Waals surface area contributed by atoms with Gasteiger partial charge in [0, 0.05) is 31.0 Å². The van der Waals surface area contributed by atoms with Crippen LogP contribution in [-0.2, 0) is 22.3 Å². The maximum absolute atomic E-state index is 13.4. The third-order valence-corrected chi connectivity index (χ3v) is 6.33. The van der Waals surface area contributed by atoms with Crippen molar-refractivity contribution in [3.8, 4) is 0 Å². The molecule has 1 aliphatic heterocycles. The Kier molecular flexibility index (Phi) is 7.63. The van der Waals surface area contributed by atoms with E-state index in [2.05, 4.69) is 20.6 Å². The summed E-state index contributed by atoms with van der Waals surface area (Å²) in [6.45, 7) is 2.14. The van der Waals surface area contributed by atoms with Crippen LogP contribution in [0.25, 0.3) is 0 Å². The molecule has 200 valence electrons. The minimum atomic E-state index is -4.75. The van der Waals surface area contributed by atoms with Gasteiger partial charge in [0.1, 0.15) is 5.82 Å². The zero-order valence-corrected chi connectivity index (χ0v) is 20.4. The van der Waals surface area contributed by atoms with Crippen LogP contribution >= 0.6 is 0 Å². The molecule has 1 atom stereocenters. The first-order valence-electron chi connectivity index (χ1n) is 11.7. The number of halogens is 4. The Morgan fingerprint density at radius 2 is 1.95 bits per heavy atom. The number of alkyl halides is 3. The molecule has 1 aliphatic rings. The van der Waals surface area contributed by atoms with Gasteiger partial charge in [-0.05, 0) is 49.2 Å². The lowest BCUT2D eigenvalue weighted by atomic mass is 9.80. The van der Waals surface area contributed by atoms with Crippen LogP contribution in [-0.4, -0.2) is 34.9 Å². The van der Waals surface area contributed by atoms with E-state index in [1.165, 1.54) is 24.7 Å². The van der Waals surface area contributed by atoms with Gasteiger partial charge in [0.05, 0.1) is 53.1 Å². The lowest BCUT2D eigenvalue weighted by molar-refractivity contribution is -0.137. The van der Waals surface area contributed by atoms with Crippen molar-refractivity contribution in [3.05, 3.63) is 77.1 Å². The molecule has 38 heavy (non-hydrogen) atoms. The highest BCUT2D eigenvalue weighted by atomic mass is 19.4. The van der Waals surface area contributed by atoms with E-state index in [0.717, 1.165) is 12.1 Å². The van der Waals surface area contributed by atoms with Crippen LogP contribution in [0.1, 0.15) is 40.0 Å². The largest absolute Gasteiger partial charge is 0.418 e. The van der Waals surface area contributed by atoms with Gasteiger partial charge in [0.15, 0.2) is 5.78 Å². The van der Waals surface area contributed by atoms with Gasteiger partial charge in [-0.3, -0.25) is 19.6 Å². The van der Waals surface area contributed by atoms with E-state index in [1.54, 1.807) is 13.0 Å². The quantitative estimate of drug-likeness (QED) is 0.288. The van der Waals surface area contributed by atoms with Crippen molar-refractivity contribution in [2.24, 2.45) is 5.41 Å². The molecule has 0 radical (unpaired) electrons. The van der Waals surface area contributed by atoms with E-state index in [4.69, 9.17) is 10.5 Å². The average Bonchev–Trinajstić information content (AvgIpc) is 3.33. The molecule has 1 saturated heterocycles. The lowest BCUT2D eigenvalue weighted by Crippen LogP contribution is -2.43. The van der Waals surface area contributed by atoms with Gasteiger partial charge >= 0.3 is 6.18 Å². The summed E-state index contributed by atoms with van der Waals surface area (Å²) < 4.78 is 58.7. The summed E-state index contributed by atoms with van der Waals surface area (Å²) in [5.41, 5.74) is 5.19. The Balaban J connectivity index is 1.44. The van der Waals surface area contributed by atoms with E-state index in [1.807, 2.05) is 0 Å². The fourth-order valence-corrected chi connectivity index (χ4v) is 4.25. The van der Waals surface area contributed by atoms with Crippen molar-refractivity contribution in [2.45, 2.75) is 32.5 Å². The zero-order chi connectivity index (χ0) is 27.5. The highest BCUT2D eigenvalue weighted by molar-refractivity contribution is 6.00. The standard InChI is InChI=1S/C26H25F4N5O3/c1-15-6-19(35-21-3-2-17(27)8-20(21)26(28,29)30)12-33-22(15)13-34-24(37)25(4-5-38-14-25)9-23(36)16-7-18(31)11-32-10-16/h2-3,6-8,10-12,35H,4-5,9,13-14,31H2,1H3,(H,34,37)/t25-/m0/s1. The van der Waals surface area contributed by atoms with Crippen molar-refractivity contribution in [1.29, 1.82) is 0 Å². The monoisotopic (exact) mass is 531 g/mol. The summed E-state index contributed by atoms with van der Waals surface area (Å²) >= 11 is 0. The number of nitrogens with zero attached hydrogens (tertiary/aromatic N) is 2. The number of benzene rings is 1. The molecule has 0 saturated carbocycles. The Bertz CT molecular complexity index is 1360. The fourth-order valence-electron chi connectivity index (χ4n) is 4.25. The highest BCUT2D eigenvalue weighted by Gasteiger charge is 2.44. The Labute approximate surface area is 215 Å². The number of aromatic nitrogens is 2. The number of anilines is 3. The molecule has 2 aromatic heterocycles. The fraction of sp³-hybridized carbons (Fsp3) is 0.308. The molecular weight excluding hydrogens is 506 g/mol. The summed E-state index contributed by atoms with van der Waals surface area (Å²) in [5.74, 6) is -1.65.